The van der Waals surface area contributed by atoms with Crippen LogP contribution in [0.1, 0.15) is 26.2 Å². The lowest BCUT2D eigenvalue weighted by Crippen LogP contribution is -2.49. The Hall–Kier alpha value is -1.30. The number of nitrogens with zero attached hydrogens (tertiary/aromatic N) is 3. The van der Waals surface area contributed by atoms with Crippen molar-refractivity contribution in [1.29, 1.82) is 0 Å². The number of piperidine rings is 1. The van der Waals surface area contributed by atoms with Gasteiger partial charge in [0.25, 0.3) is 0 Å². The molecule has 114 valence electrons. The zero-order valence-electron chi connectivity index (χ0n) is 12.6. The highest BCUT2D eigenvalue weighted by molar-refractivity contribution is 5.75. The number of carboxylic acids is 1. The summed E-state index contributed by atoms with van der Waals surface area (Å²) < 4.78 is 0. The Bertz CT molecular complexity index is 391. The molecule has 2 saturated heterocycles. The van der Waals surface area contributed by atoms with Crippen LogP contribution in [0.5, 0.6) is 0 Å². The van der Waals surface area contributed by atoms with Gasteiger partial charge in [-0.2, -0.15) is 0 Å². The molecular formula is C14H25N3O3. The van der Waals surface area contributed by atoms with Crippen LogP contribution < -0.4 is 0 Å². The summed E-state index contributed by atoms with van der Waals surface area (Å²) in [6.07, 6.45) is 2.60. The van der Waals surface area contributed by atoms with Crippen molar-refractivity contribution in [3.05, 3.63) is 0 Å². The summed E-state index contributed by atoms with van der Waals surface area (Å²) in [6.45, 7) is 4.85. The van der Waals surface area contributed by atoms with Gasteiger partial charge in [0.15, 0.2) is 0 Å². The highest BCUT2D eigenvalue weighted by Crippen LogP contribution is 2.33. The molecule has 2 fully saturated rings. The SMILES string of the molecule is CN(C)C(=O)N1CCC(N2CCC(C)(C(=O)O)C2)CC1. The fourth-order valence-corrected chi connectivity index (χ4v) is 3.19. The van der Waals surface area contributed by atoms with Crippen molar-refractivity contribution in [2.75, 3.05) is 40.3 Å². The highest BCUT2D eigenvalue weighted by Gasteiger charge is 2.43. The monoisotopic (exact) mass is 283 g/mol. The Morgan fingerprint density at radius 3 is 2.25 bits per heavy atom. The molecule has 2 aliphatic rings. The third-order valence-electron chi connectivity index (χ3n) is 4.65. The molecule has 0 saturated carbocycles. The van der Waals surface area contributed by atoms with Gasteiger partial charge >= 0.3 is 12.0 Å². The summed E-state index contributed by atoms with van der Waals surface area (Å²) in [5.74, 6) is -0.694. The number of urea groups is 1. The van der Waals surface area contributed by atoms with E-state index in [4.69, 9.17) is 0 Å². The zero-order valence-corrected chi connectivity index (χ0v) is 12.6. The standard InChI is InChI=1S/C14H25N3O3/c1-14(12(18)19)6-9-17(10-14)11-4-7-16(8-5-11)13(20)15(2)3/h11H,4-10H2,1-3H3,(H,18,19). The van der Waals surface area contributed by atoms with E-state index < -0.39 is 11.4 Å². The van der Waals surface area contributed by atoms with Gasteiger partial charge in [-0.3, -0.25) is 9.69 Å². The quantitative estimate of drug-likeness (QED) is 0.819. The highest BCUT2D eigenvalue weighted by atomic mass is 16.4. The molecule has 0 aliphatic carbocycles. The fourth-order valence-electron chi connectivity index (χ4n) is 3.19. The number of hydrogen-bond acceptors (Lipinski definition) is 3. The topological polar surface area (TPSA) is 64.1 Å². The van der Waals surface area contributed by atoms with E-state index in [0.29, 0.717) is 12.6 Å². The lowest BCUT2D eigenvalue weighted by molar-refractivity contribution is -0.147. The van der Waals surface area contributed by atoms with Crippen LogP contribution in [0.2, 0.25) is 0 Å². The molecule has 0 radical (unpaired) electrons. The van der Waals surface area contributed by atoms with E-state index >= 15 is 0 Å². The van der Waals surface area contributed by atoms with E-state index in [1.807, 2.05) is 11.8 Å². The Labute approximate surface area is 120 Å². The molecule has 1 N–H and O–H groups in total. The molecule has 0 aromatic heterocycles. The number of carbonyl (C=O) groups excluding carboxylic acids is 1. The van der Waals surface area contributed by atoms with E-state index in [2.05, 4.69) is 4.90 Å². The molecule has 20 heavy (non-hydrogen) atoms. The van der Waals surface area contributed by atoms with Crippen LogP contribution in [0.3, 0.4) is 0 Å². The third-order valence-corrected chi connectivity index (χ3v) is 4.65. The number of hydrogen-bond donors (Lipinski definition) is 1. The maximum absolute atomic E-state index is 11.9. The van der Waals surface area contributed by atoms with E-state index in [1.54, 1.807) is 19.0 Å². The lowest BCUT2D eigenvalue weighted by atomic mass is 9.90. The first-order chi connectivity index (χ1) is 9.33. The van der Waals surface area contributed by atoms with Crippen molar-refractivity contribution >= 4 is 12.0 Å². The molecule has 0 aromatic carbocycles. The maximum atomic E-state index is 11.9. The molecule has 2 amide bonds. The second kappa shape index (κ2) is 5.60. The maximum Gasteiger partial charge on any atom is 0.319 e. The van der Waals surface area contributed by atoms with Crippen molar-refractivity contribution < 1.29 is 14.7 Å². The van der Waals surface area contributed by atoms with Crippen molar-refractivity contribution in [3.63, 3.8) is 0 Å². The predicted octanol–water partition coefficient (Wildman–Crippen LogP) is 0.929. The molecule has 0 spiro atoms. The summed E-state index contributed by atoms with van der Waals surface area (Å²) in [6, 6.07) is 0.489. The van der Waals surface area contributed by atoms with E-state index in [0.717, 1.165) is 38.9 Å². The molecule has 2 aliphatic heterocycles. The van der Waals surface area contributed by atoms with Gasteiger partial charge < -0.3 is 14.9 Å². The zero-order chi connectivity index (χ0) is 14.9. The summed E-state index contributed by atoms with van der Waals surface area (Å²) in [5, 5.41) is 9.28. The molecule has 2 heterocycles. The minimum Gasteiger partial charge on any atom is -0.481 e. The van der Waals surface area contributed by atoms with Crippen LogP contribution in [-0.4, -0.2) is 78.1 Å². The van der Waals surface area contributed by atoms with Crippen molar-refractivity contribution in [1.82, 2.24) is 14.7 Å². The van der Waals surface area contributed by atoms with Crippen molar-refractivity contribution in [2.45, 2.75) is 32.2 Å². The van der Waals surface area contributed by atoms with Crippen LogP contribution >= 0.6 is 0 Å². The summed E-state index contributed by atoms with van der Waals surface area (Å²) in [7, 11) is 3.54. The predicted molar refractivity (Wildman–Crippen MR) is 75.6 cm³/mol. The fraction of sp³-hybridized carbons (Fsp3) is 0.857. The normalized spacial score (nSPS) is 28.6. The molecule has 0 bridgehead atoms. The second-order valence-corrected chi connectivity index (χ2v) is 6.48. The Morgan fingerprint density at radius 2 is 1.80 bits per heavy atom. The van der Waals surface area contributed by atoms with Crippen LogP contribution in [0, 0.1) is 5.41 Å². The average Bonchev–Trinajstić information content (AvgIpc) is 2.82. The molecule has 0 aromatic rings. The first-order valence-electron chi connectivity index (χ1n) is 7.27. The van der Waals surface area contributed by atoms with Crippen LogP contribution in [0.25, 0.3) is 0 Å². The van der Waals surface area contributed by atoms with Gasteiger partial charge in [0.1, 0.15) is 0 Å². The van der Waals surface area contributed by atoms with Gasteiger partial charge in [-0.15, -0.1) is 0 Å². The van der Waals surface area contributed by atoms with Crippen molar-refractivity contribution in [2.24, 2.45) is 5.41 Å². The molecule has 6 heteroatoms. The number of likely N-dealkylation sites (tertiary alicyclic amines) is 2. The molecule has 6 nitrogen and oxygen atoms in total. The molecule has 1 unspecified atom stereocenters. The smallest absolute Gasteiger partial charge is 0.319 e. The van der Waals surface area contributed by atoms with Gasteiger partial charge in [0.2, 0.25) is 0 Å². The molecule has 1 atom stereocenters. The summed E-state index contributed by atoms with van der Waals surface area (Å²) >= 11 is 0. The Balaban J connectivity index is 1.86. The Morgan fingerprint density at radius 1 is 1.20 bits per heavy atom. The summed E-state index contributed by atoms with van der Waals surface area (Å²) in [5.41, 5.74) is -0.601. The largest absolute Gasteiger partial charge is 0.481 e. The number of carboxylic acid groups (broad SMARTS) is 1. The first kappa shape index (κ1) is 15.1. The minimum atomic E-state index is -0.694. The first-order valence-corrected chi connectivity index (χ1v) is 7.27. The summed E-state index contributed by atoms with van der Waals surface area (Å²) in [4.78, 5) is 28.9. The van der Waals surface area contributed by atoms with Gasteiger partial charge in [-0.25, -0.2) is 4.79 Å². The average molecular weight is 283 g/mol. The third kappa shape index (κ3) is 2.90. The number of amides is 2. The molecule has 2 rings (SSSR count). The lowest BCUT2D eigenvalue weighted by Gasteiger charge is -2.38. The molecular weight excluding hydrogens is 258 g/mol. The van der Waals surface area contributed by atoms with Crippen molar-refractivity contribution in [3.8, 4) is 0 Å². The number of rotatable bonds is 2. The van der Waals surface area contributed by atoms with Gasteiger partial charge in [0, 0.05) is 39.8 Å². The van der Waals surface area contributed by atoms with Crippen LogP contribution in [0.15, 0.2) is 0 Å². The second-order valence-electron chi connectivity index (χ2n) is 6.48. The minimum absolute atomic E-state index is 0.0697. The number of aliphatic carboxylic acids is 1. The van der Waals surface area contributed by atoms with Gasteiger partial charge in [-0.1, -0.05) is 0 Å². The van der Waals surface area contributed by atoms with Crippen LogP contribution in [-0.2, 0) is 4.79 Å². The van der Waals surface area contributed by atoms with Gasteiger partial charge in [-0.05, 0) is 32.7 Å². The van der Waals surface area contributed by atoms with Crippen LogP contribution in [0.4, 0.5) is 4.79 Å². The van der Waals surface area contributed by atoms with Gasteiger partial charge in [0.05, 0.1) is 5.41 Å². The Kier molecular flexibility index (Phi) is 4.22. The van der Waals surface area contributed by atoms with E-state index in [-0.39, 0.29) is 6.03 Å². The number of carbonyl (C=O) groups is 2. The van der Waals surface area contributed by atoms with E-state index in [9.17, 15) is 14.7 Å². The van der Waals surface area contributed by atoms with E-state index in [1.165, 1.54) is 0 Å².